The largest absolute Gasteiger partial charge is 0.573 e. The lowest BCUT2D eigenvalue weighted by molar-refractivity contribution is -0.274. The predicted octanol–water partition coefficient (Wildman–Crippen LogP) is 3.73. The molecule has 3 rings (SSSR count). The Bertz CT molecular complexity index is 717. The molecule has 0 unspecified atom stereocenters. The standard InChI is InChI=1S/C17H19F3N4O2/c18-17(19,20)26-15-5-3-14(4-6-15)22-16(25)24-8-1-2-13(11-24)10-23-9-7-21-12-23/h3-7,9,12-13H,1-2,8,10-11H2,(H,22,25)/t13-/m1/s1. The van der Waals surface area contributed by atoms with E-state index in [1.807, 2.05) is 10.8 Å². The maximum absolute atomic E-state index is 12.4. The van der Waals surface area contributed by atoms with E-state index in [-0.39, 0.29) is 11.8 Å². The second kappa shape index (κ2) is 7.67. The number of urea groups is 1. The van der Waals surface area contributed by atoms with Gasteiger partial charge in [0.25, 0.3) is 0 Å². The number of halogens is 3. The van der Waals surface area contributed by atoms with Crippen LogP contribution in [0.15, 0.2) is 43.0 Å². The van der Waals surface area contributed by atoms with E-state index in [1.54, 1.807) is 17.4 Å². The summed E-state index contributed by atoms with van der Waals surface area (Å²) in [7, 11) is 0. The topological polar surface area (TPSA) is 59.4 Å². The average molecular weight is 368 g/mol. The quantitative estimate of drug-likeness (QED) is 0.895. The van der Waals surface area contributed by atoms with Crippen LogP contribution in [-0.2, 0) is 6.54 Å². The molecule has 6 nitrogen and oxygen atoms in total. The third-order valence-corrected chi connectivity index (χ3v) is 4.17. The molecular weight excluding hydrogens is 349 g/mol. The Hall–Kier alpha value is -2.71. The number of carbonyl (C=O) groups is 1. The Morgan fingerprint density at radius 3 is 2.73 bits per heavy atom. The highest BCUT2D eigenvalue weighted by molar-refractivity contribution is 5.89. The van der Waals surface area contributed by atoms with E-state index < -0.39 is 6.36 Å². The number of hydrogen-bond acceptors (Lipinski definition) is 3. The molecule has 140 valence electrons. The Labute approximate surface area is 148 Å². The summed E-state index contributed by atoms with van der Waals surface area (Å²) in [6, 6.07) is 4.84. The minimum absolute atomic E-state index is 0.259. The summed E-state index contributed by atoms with van der Waals surface area (Å²) in [6.45, 7) is 2.08. The van der Waals surface area contributed by atoms with Gasteiger partial charge in [-0.05, 0) is 43.0 Å². The van der Waals surface area contributed by atoms with Crippen molar-refractivity contribution in [1.82, 2.24) is 14.5 Å². The first kappa shape index (κ1) is 18.1. The number of carbonyl (C=O) groups excluding carboxylic acids is 1. The van der Waals surface area contributed by atoms with Gasteiger partial charge in [-0.2, -0.15) is 0 Å². The molecule has 0 aliphatic carbocycles. The van der Waals surface area contributed by atoms with E-state index in [0.717, 1.165) is 19.4 Å². The molecule has 26 heavy (non-hydrogen) atoms. The number of anilines is 1. The molecule has 1 aliphatic heterocycles. The van der Waals surface area contributed by atoms with Gasteiger partial charge >= 0.3 is 12.4 Å². The van der Waals surface area contributed by atoms with Crippen molar-refractivity contribution in [2.24, 2.45) is 5.92 Å². The number of likely N-dealkylation sites (tertiary alicyclic amines) is 1. The number of rotatable bonds is 4. The van der Waals surface area contributed by atoms with Crippen molar-refractivity contribution in [2.45, 2.75) is 25.7 Å². The van der Waals surface area contributed by atoms with Gasteiger partial charge in [0.2, 0.25) is 0 Å². The molecule has 9 heteroatoms. The fraction of sp³-hybridized carbons (Fsp3) is 0.412. The number of nitrogens with one attached hydrogen (secondary N) is 1. The molecule has 1 atom stereocenters. The number of ether oxygens (including phenoxy) is 1. The van der Waals surface area contributed by atoms with Gasteiger partial charge < -0.3 is 19.5 Å². The zero-order chi connectivity index (χ0) is 18.6. The van der Waals surface area contributed by atoms with Gasteiger partial charge in [-0.25, -0.2) is 9.78 Å². The summed E-state index contributed by atoms with van der Waals surface area (Å²) in [5.41, 5.74) is 0.418. The van der Waals surface area contributed by atoms with Crippen molar-refractivity contribution in [3.8, 4) is 5.75 Å². The summed E-state index contributed by atoms with van der Waals surface area (Å²) in [4.78, 5) is 18.2. The summed E-state index contributed by atoms with van der Waals surface area (Å²) in [5, 5.41) is 2.71. The second-order valence-electron chi connectivity index (χ2n) is 6.22. The van der Waals surface area contributed by atoms with Crippen molar-refractivity contribution >= 4 is 11.7 Å². The Morgan fingerprint density at radius 1 is 1.31 bits per heavy atom. The van der Waals surface area contributed by atoms with Gasteiger partial charge in [0.15, 0.2) is 0 Å². The third kappa shape index (κ3) is 5.14. The van der Waals surface area contributed by atoms with Gasteiger partial charge in [-0.15, -0.1) is 13.2 Å². The van der Waals surface area contributed by atoms with Crippen molar-refractivity contribution in [3.05, 3.63) is 43.0 Å². The molecule has 0 radical (unpaired) electrons. The Balaban J connectivity index is 1.53. The van der Waals surface area contributed by atoms with Crippen LogP contribution in [0.1, 0.15) is 12.8 Å². The normalized spacial score (nSPS) is 17.8. The lowest BCUT2D eigenvalue weighted by Gasteiger charge is -2.33. The van der Waals surface area contributed by atoms with Crippen molar-refractivity contribution < 1.29 is 22.7 Å². The summed E-state index contributed by atoms with van der Waals surface area (Å²) in [6.07, 6.45) is 2.58. The lowest BCUT2D eigenvalue weighted by atomic mass is 9.98. The molecule has 1 aromatic heterocycles. The van der Waals surface area contributed by atoms with E-state index in [9.17, 15) is 18.0 Å². The van der Waals surface area contributed by atoms with Gasteiger partial charge in [0, 0.05) is 37.7 Å². The summed E-state index contributed by atoms with van der Waals surface area (Å²) >= 11 is 0. The number of alkyl halides is 3. The maximum atomic E-state index is 12.4. The summed E-state index contributed by atoms with van der Waals surface area (Å²) in [5.74, 6) is 0.0140. The number of imidazole rings is 1. The molecule has 1 aliphatic rings. The second-order valence-corrected chi connectivity index (χ2v) is 6.22. The molecule has 2 amide bonds. The van der Waals surface area contributed by atoms with E-state index in [4.69, 9.17) is 0 Å². The first-order valence-electron chi connectivity index (χ1n) is 8.26. The number of hydrogen-bond donors (Lipinski definition) is 1. The molecule has 0 saturated carbocycles. The van der Waals surface area contributed by atoms with E-state index in [1.165, 1.54) is 24.3 Å². The third-order valence-electron chi connectivity index (χ3n) is 4.17. The number of amides is 2. The zero-order valence-electron chi connectivity index (χ0n) is 13.9. The van der Waals surface area contributed by atoms with Crippen molar-refractivity contribution in [2.75, 3.05) is 18.4 Å². The van der Waals surface area contributed by atoms with Gasteiger partial charge in [0.05, 0.1) is 6.33 Å². The van der Waals surface area contributed by atoms with Crippen LogP contribution < -0.4 is 10.1 Å². The average Bonchev–Trinajstić information content (AvgIpc) is 3.08. The minimum Gasteiger partial charge on any atom is -0.406 e. The predicted molar refractivity (Wildman–Crippen MR) is 88.7 cm³/mol. The number of benzene rings is 1. The fourth-order valence-electron chi connectivity index (χ4n) is 3.03. The molecule has 1 N–H and O–H groups in total. The molecular formula is C17H19F3N4O2. The first-order valence-corrected chi connectivity index (χ1v) is 8.26. The monoisotopic (exact) mass is 368 g/mol. The zero-order valence-corrected chi connectivity index (χ0v) is 13.9. The molecule has 1 saturated heterocycles. The van der Waals surface area contributed by atoms with Crippen LogP contribution in [0.3, 0.4) is 0 Å². The minimum atomic E-state index is -4.73. The van der Waals surface area contributed by atoms with E-state index in [2.05, 4.69) is 15.0 Å². The van der Waals surface area contributed by atoms with Crippen LogP contribution in [0.5, 0.6) is 5.75 Å². The van der Waals surface area contributed by atoms with E-state index >= 15 is 0 Å². The highest BCUT2D eigenvalue weighted by atomic mass is 19.4. The van der Waals surface area contributed by atoms with Gasteiger partial charge in [-0.3, -0.25) is 0 Å². The number of piperidine rings is 1. The Kier molecular flexibility index (Phi) is 5.34. The highest BCUT2D eigenvalue weighted by Crippen LogP contribution is 2.24. The van der Waals surface area contributed by atoms with Crippen LogP contribution in [0.25, 0.3) is 0 Å². The van der Waals surface area contributed by atoms with Gasteiger partial charge in [0.1, 0.15) is 5.75 Å². The van der Waals surface area contributed by atoms with Crippen LogP contribution in [-0.4, -0.2) is 39.9 Å². The maximum Gasteiger partial charge on any atom is 0.573 e. The molecule has 2 aromatic rings. The SMILES string of the molecule is O=C(Nc1ccc(OC(F)(F)F)cc1)N1CCC[C@H](Cn2ccnc2)C1. The first-order chi connectivity index (χ1) is 12.4. The van der Waals surface area contributed by atoms with Crippen molar-refractivity contribution in [1.29, 1.82) is 0 Å². The smallest absolute Gasteiger partial charge is 0.406 e. The molecule has 1 fully saturated rings. The molecule has 2 heterocycles. The molecule has 1 aromatic carbocycles. The van der Waals surface area contributed by atoms with Crippen molar-refractivity contribution in [3.63, 3.8) is 0 Å². The molecule has 0 bridgehead atoms. The number of aromatic nitrogens is 2. The van der Waals surface area contributed by atoms with Crippen LogP contribution in [0, 0.1) is 5.92 Å². The van der Waals surface area contributed by atoms with Crippen LogP contribution >= 0.6 is 0 Å². The lowest BCUT2D eigenvalue weighted by Crippen LogP contribution is -2.43. The fourth-order valence-corrected chi connectivity index (χ4v) is 3.03. The van der Waals surface area contributed by atoms with Crippen LogP contribution in [0.4, 0.5) is 23.7 Å². The number of nitrogens with zero attached hydrogens (tertiary/aromatic N) is 3. The Morgan fingerprint density at radius 2 is 2.08 bits per heavy atom. The van der Waals surface area contributed by atoms with E-state index in [0.29, 0.717) is 24.7 Å². The van der Waals surface area contributed by atoms with Crippen LogP contribution in [0.2, 0.25) is 0 Å². The highest BCUT2D eigenvalue weighted by Gasteiger charge is 2.31. The molecule has 0 spiro atoms. The van der Waals surface area contributed by atoms with Gasteiger partial charge in [-0.1, -0.05) is 0 Å². The summed E-state index contributed by atoms with van der Waals surface area (Å²) < 4.78 is 42.3.